The van der Waals surface area contributed by atoms with Crippen LogP contribution in [0.4, 0.5) is 13.2 Å². The summed E-state index contributed by atoms with van der Waals surface area (Å²) in [6.45, 7) is 1.20. The molecule has 0 atom stereocenters. The van der Waals surface area contributed by atoms with Crippen LogP contribution in [0.1, 0.15) is 23.2 Å². The van der Waals surface area contributed by atoms with Crippen LogP contribution in [-0.2, 0) is 6.54 Å². The molecule has 72 valence electrons. The molecule has 0 radical (unpaired) electrons. The molecule has 1 heterocycles. The molecular weight excluding hydrogens is 181 g/mol. The van der Waals surface area contributed by atoms with Crippen molar-refractivity contribution in [2.75, 3.05) is 0 Å². The van der Waals surface area contributed by atoms with E-state index in [0.29, 0.717) is 0 Å². The summed E-state index contributed by atoms with van der Waals surface area (Å²) >= 11 is 0. The fraction of sp³-hybridized carbons (Fsp3) is 0.375. The normalized spacial score (nSPS) is 10.9. The van der Waals surface area contributed by atoms with Crippen molar-refractivity contribution < 1.29 is 13.2 Å². The summed E-state index contributed by atoms with van der Waals surface area (Å²) in [4.78, 5) is 3.50. The predicted molar refractivity (Wildman–Crippen MR) is 41.8 cm³/mol. The SMILES string of the molecule is Cc1c(C(F)F)cnc(CN)c1F. The molecular formula is C8H9F3N2. The highest BCUT2D eigenvalue weighted by atomic mass is 19.3. The minimum absolute atomic E-state index is 0.0156. The van der Waals surface area contributed by atoms with Crippen molar-refractivity contribution in [3.63, 3.8) is 0 Å². The second-order valence-corrected chi connectivity index (χ2v) is 2.60. The molecule has 1 aromatic rings. The fourth-order valence-corrected chi connectivity index (χ4v) is 1.01. The predicted octanol–water partition coefficient (Wildman–Crippen LogP) is 1.93. The molecule has 0 aliphatic carbocycles. The minimum Gasteiger partial charge on any atom is -0.325 e. The number of aromatic nitrogens is 1. The topological polar surface area (TPSA) is 38.9 Å². The number of rotatable bonds is 2. The van der Waals surface area contributed by atoms with Gasteiger partial charge in [0.15, 0.2) is 0 Å². The van der Waals surface area contributed by atoms with Gasteiger partial charge in [0.2, 0.25) is 0 Å². The second kappa shape index (κ2) is 3.74. The fourth-order valence-electron chi connectivity index (χ4n) is 1.01. The average Bonchev–Trinajstić information content (AvgIpc) is 2.09. The maximum Gasteiger partial charge on any atom is 0.265 e. The summed E-state index contributed by atoms with van der Waals surface area (Å²) in [5.74, 6) is -0.736. The zero-order chi connectivity index (χ0) is 10.0. The third-order valence-electron chi connectivity index (χ3n) is 1.80. The Morgan fingerprint density at radius 3 is 2.62 bits per heavy atom. The van der Waals surface area contributed by atoms with Crippen molar-refractivity contribution in [1.29, 1.82) is 0 Å². The maximum absolute atomic E-state index is 13.1. The molecule has 13 heavy (non-hydrogen) atoms. The van der Waals surface area contributed by atoms with E-state index in [1.165, 1.54) is 6.92 Å². The third-order valence-corrected chi connectivity index (χ3v) is 1.80. The van der Waals surface area contributed by atoms with Crippen LogP contribution in [-0.4, -0.2) is 4.98 Å². The van der Waals surface area contributed by atoms with E-state index in [0.717, 1.165) is 6.20 Å². The van der Waals surface area contributed by atoms with Crippen LogP contribution < -0.4 is 5.73 Å². The highest BCUT2D eigenvalue weighted by Crippen LogP contribution is 2.24. The molecule has 0 aliphatic heterocycles. The Kier molecular flexibility index (Phi) is 2.87. The van der Waals surface area contributed by atoms with E-state index in [9.17, 15) is 13.2 Å². The lowest BCUT2D eigenvalue weighted by atomic mass is 10.1. The first-order valence-corrected chi connectivity index (χ1v) is 3.70. The van der Waals surface area contributed by atoms with Gasteiger partial charge in [-0.15, -0.1) is 0 Å². The molecule has 0 spiro atoms. The number of hydrogen-bond donors (Lipinski definition) is 1. The maximum atomic E-state index is 13.1. The Bertz CT molecular complexity index is 313. The van der Waals surface area contributed by atoms with Crippen LogP contribution in [0.3, 0.4) is 0 Å². The van der Waals surface area contributed by atoms with Gasteiger partial charge in [-0.25, -0.2) is 13.2 Å². The summed E-state index contributed by atoms with van der Waals surface area (Å²) < 4.78 is 37.6. The molecule has 2 N–H and O–H groups in total. The van der Waals surface area contributed by atoms with Crippen molar-refractivity contribution in [2.24, 2.45) is 5.73 Å². The van der Waals surface area contributed by atoms with Crippen molar-refractivity contribution in [2.45, 2.75) is 19.9 Å². The van der Waals surface area contributed by atoms with Crippen LogP contribution in [0.15, 0.2) is 6.20 Å². The molecule has 1 aromatic heterocycles. The van der Waals surface area contributed by atoms with E-state index in [-0.39, 0.29) is 23.4 Å². The van der Waals surface area contributed by atoms with Crippen molar-refractivity contribution in [1.82, 2.24) is 4.98 Å². The van der Waals surface area contributed by atoms with E-state index in [2.05, 4.69) is 4.98 Å². The van der Waals surface area contributed by atoms with E-state index < -0.39 is 12.2 Å². The molecule has 0 aromatic carbocycles. The highest BCUT2D eigenvalue weighted by molar-refractivity contribution is 5.28. The minimum atomic E-state index is -2.70. The number of nitrogens with zero attached hydrogens (tertiary/aromatic N) is 1. The van der Waals surface area contributed by atoms with Crippen molar-refractivity contribution in [3.8, 4) is 0 Å². The number of nitrogens with two attached hydrogens (primary N) is 1. The van der Waals surface area contributed by atoms with E-state index in [1.54, 1.807) is 0 Å². The lowest BCUT2D eigenvalue weighted by Crippen LogP contribution is -2.07. The number of hydrogen-bond acceptors (Lipinski definition) is 2. The van der Waals surface area contributed by atoms with Gasteiger partial charge in [0.05, 0.1) is 5.69 Å². The first-order chi connectivity index (χ1) is 6.07. The lowest BCUT2D eigenvalue weighted by Gasteiger charge is -2.07. The molecule has 0 unspecified atom stereocenters. The molecule has 0 saturated heterocycles. The summed E-state index contributed by atoms with van der Waals surface area (Å²) in [7, 11) is 0. The van der Waals surface area contributed by atoms with Gasteiger partial charge >= 0.3 is 0 Å². The largest absolute Gasteiger partial charge is 0.325 e. The molecule has 5 heteroatoms. The zero-order valence-corrected chi connectivity index (χ0v) is 7.02. The monoisotopic (exact) mass is 190 g/mol. The smallest absolute Gasteiger partial charge is 0.265 e. The van der Waals surface area contributed by atoms with Gasteiger partial charge in [0.25, 0.3) is 6.43 Å². The summed E-state index contributed by atoms with van der Waals surface area (Å²) in [6.07, 6.45) is -1.74. The zero-order valence-electron chi connectivity index (χ0n) is 7.02. The Labute approximate surface area is 73.6 Å². The van der Waals surface area contributed by atoms with Crippen LogP contribution in [0.2, 0.25) is 0 Å². The van der Waals surface area contributed by atoms with Crippen molar-refractivity contribution >= 4 is 0 Å². The van der Waals surface area contributed by atoms with E-state index in [4.69, 9.17) is 5.73 Å². The molecule has 2 nitrogen and oxygen atoms in total. The number of pyridine rings is 1. The Morgan fingerprint density at radius 2 is 2.15 bits per heavy atom. The van der Waals surface area contributed by atoms with Gasteiger partial charge in [-0.3, -0.25) is 4.98 Å². The molecule has 1 rings (SSSR count). The lowest BCUT2D eigenvalue weighted by molar-refractivity contribution is 0.149. The first-order valence-electron chi connectivity index (χ1n) is 3.70. The number of alkyl halides is 2. The summed E-state index contributed by atoms with van der Waals surface area (Å²) in [5.41, 5.74) is 4.71. The quantitative estimate of drug-likeness (QED) is 0.773. The average molecular weight is 190 g/mol. The Morgan fingerprint density at radius 1 is 1.54 bits per heavy atom. The molecule has 0 amide bonds. The van der Waals surface area contributed by atoms with E-state index >= 15 is 0 Å². The summed E-state index contributed by atoms with van der Waals surface area (Å²) in [6, 6.07) is 0. The summed E-state index contributed by atoms with van der Waals surface area (Å²) in [5, 5.41) is 0. The Balaban J connectivity index is 3.23. The van der Waals surface area contributed by atoms with Crippen LogP contribution in [0.25, 0.3) is 0 Å². The van der Waals surface area contributed by atoms with E-state index in [1.807, 2.05) is 0 Å². The van der Waals surface area contributed by atoms with Gasteiger partial charge in [-0.05, 0) is 12.5 Å². The standard InChI is InChI=1S/C8H9F3N2/c1-4-5(8(10)11)3-13-6(2-12)7(4)9/h3,8H,2,12H2,1H3. The van der Waals surface area contributed by atoms with Gasteiger partial charge in [0, 0.05) is 18.3 Å². The molecule has 0 aliphatic rings. The molecule has 0 bridgehead atoms. The first kappa shape index (κ1) is 9.98. The van der Waals surface area contributed by atoms with Gasteiger partial charge in [-0.1, -0.05) is 0 Å². The molecule has 0 fully saturated rings. The van der Waals surface area contributed by atoms with Crippen LogP contribution in [0, 0.1) is 12.7 Å². The van der Waals surface area contributed by atoms with Gasteiger partial charge < -0.3 is 5.73 Å². The number of halogens is 3. The highest BCUT2D eigenvalue weighted by Gasteiger charge is 2.16. The Hall–Kier alpha value is -1.10. The molecule has 0 saturated carbocycles. The van der Waals surface area contributed by atoms with Crippen LogP contribution >= 0.6 is 0 Å². The van der Waals surface area contributed by atoms with Gasteiger partial charge in [-0.2, -0.15) is 0 Å². The van der Waals surface area contributed by atoms with Crippen molar-refractivity contribution in [3.05, 3.63) is 28.8 Å². The van der Waals surface area contributed by atoms with Gasteiger partial charge in [0.1, 0.15) is 5.82 Å². The van der Waals surface area contributed by atoms with Crippen LogP contribution in [0.5, 0.6) is 0 Å². The third kappa shape index (κ3) is 1.80. The second-order valence-electron chi connectivity index (χ2n) is 2.60.